The van der Waals surface area contributed by atoms with Crippen molar-refractivity contribution in [2.45, 2.75) is 38.7 Å². The molecule has 0 amide bonds. The van der Waals surface area contributed by atoms with Crippen molar-refractivity contribution in [3.8, 4) is 16.6 Å². The average molecular weight is 327 g/mol. The molecule has 0 saturated carbocycles. The molecule has 23 heavy (non-hydrogen) atoms. The van der Waals surface area contributed by atoms with Crippen molar-refractivity contribution in [1.82, 2.24) is 15.1 Å². The van der Waals surface area contributed by atoms with E-state index in [1.807, 2.05) is 31.3 Å². The van der Waals surface area contributed by atoms with E-state index in [0.717, 1.165) is 27.6 Å². The minimum absolute atomic E-state index is 0.0391. The van der Waals surface area contributed by atoms with E-state index in [9.17, 15) is 0 Å². The van der Waals surface area contributed by atoms with Gasteiger partial charge in [0.15, 0.2) is 5.01 Å². The van der Waals surface area contributed by atoms with Gasteiger partial charge in [-0.25, -0.2) is 4.98 Å². The fourth-order valence-corrected chi connectivity index (χ4v) is 3.63. The zero-order valence-corrected chi connectivity index (χ0v) is 14.1. The molecule has 3 heterocycles. The van der Waals surface area contributed by atoms with Crippen LogP contribution < -0.4 is 4.74 Å². The Morgan fingerprint density at radius 3 is 2.87 bits per heavy atom. The summed E-state index contributed by atoms with van der Waals surface area (Å²) >= 11 is 1.57. The van der Waals surface area contributed by atoms with E-state index in [-0.39, 0.29) is 11.5 Å². The van der Waals surface area contributed by atoms with Gasteiger partial charge < -0.3 is 9.26 Å². The van der Waals surface area contributed by atoms with E-state index in [1.165, 1.54) is 0 Å². The Hall–Kier alpha value is -2.21. The first-order valence-corrected chi connectivity index (χ1v) is 8.38. The maximum Gasteiger partial charge on any atom is 0.234 e. The van der Waals surface area contributed by atoms with Crippen molar-refractivity contribution in [2.75, 3.05) is 0 Å². The number of hydrogen-bond acceptors (Lipinski definition) is 6. The Morgan fingerprint density at radius 2 is 2.09 bits per heavy atom. The highest BCUT2D eigenvalue weighted by Gasteiger charge is 2.37. The lowest BCUT2D eigenvalue weighted by Crippen LogP contribution is -2.35. The first-order valence-electron chi connectivity index (χ1n) is 7.56. The molecule has 6 heteroatoms. The van der Waals surface area contributed by atoms with Gasteiger partial charge in [0, 0.05) is 23.1 Å². The van der Waals surface area contributed by atoms with Gasteiger partial charge in [0.25, 0.3) is 0 Å². The number of aromatic nitrogens is 3. The summed E-state index contributed by atoms with van der Waals surface area (Å²) in [4.78, 5) is 10.1. The van der Waals surface area contributed by atoms with Crippen LogP contribution in [0, 0.1) is 6.92 Å². The number of ether oxygens (including phenoxy) is 1. The van der Waals surface area contributed by atoms with Crippen LogP contribution in [0.2, 0.25) is 0 Å². The third-order valence-corrected chi connectivity index (χ3v) is 4.84. The monoisotopic (exact) mass is 327 g/mol. The van der Waals surface area contributed by atoms with Gasteiger partial charge in [0.2, 0.25) is 11.7 Å². The number of thiazole rings is 1. The highest BCUT2D eigenvalue weighted by molar-refractivity contribution is 7.14. The van der Waals surface area contributed by atoms with Gasteiger partial charge in [-0.15, -0.1) is 11.3 Å². The summed E-state index contributed by atoms with van der Waals surface area (Å²) in [5.41, 5.74) is 0.822. The largest absolute Gasteiger partial charge is 0.488 e. The van der Waals surface area contributed by atoms with Crippen molar-refractivity contribution in [3.63, 3.8) is 0 Å². The second kappa shape index (κ2) is 5.16. The molecule has 1 atom stereocenters. The topological polar surface area (TPSA) is 61.0 Å². The van der Waals surface area contributed by atoms with Crippen LogP contribution in [0.25, 0.3) is 10.8 Å². The number of nitrogens with zero attached hydrogens (tertiary/aromatic N) is 3. The van der Waals surface area contributed by atoms with E-state index < -0.39 is 0 Å². The van der Waals surface area contributed by atoms with Crippen LogP contribution in [0.3, 0.4) is 0 Å². The molecular formula is C17H17N3O2S. The smallest absolute Gasteiger partial charge is 0.234 e. The summed E-state index contributed by atoms with van der Waals surface area (Å²) in [5, 5.41) is 4.91. The summed E-state index contributed by atoms with van der Waals surface area (Å²) in [7, 11) is 0. The number of rotatable bonds is 2. The summed E-state index contributed by atoms with van der Waals surface area (Å²) in [6.07, 6.45) is 2.62. The van der Waals surface area contributed by atoms with Crippen LogP contribution in [-0.2, 0) is 0 Å². The second-order valence-corrected chi connectivity index (χ2v) is 7.62. The summed E-state index contributed by atoms with van der Waals surface area (Å²) in [5.74, 6) is 2.10. The third-order valence-electron chi connectivity index (χ3n) is 3.93. The average Bonchev–Trinajstić information content (AvgIpc) is 3.14. The normalized spacial score (nSPS) is 19.2. The number of aryl methyl sites for hydroxylation is 1. The Balaban J connectivity index is 1.74. The summed E-state index contributed by atoms with van der Waals surface area (Å²) < 4.78 is 11.6. The molecule has 2 aromatic heterocycles. The molecule has 0 radical (unpaired) electrons. The van der Waals surface area contributed by atoms with Crippen LogP contribution in [0.15, 0.2) is 35.0 Å². The second-order valence-electron chi connectivity index (χ2n) is 6.39. The van der Waals surface area contributed by atoms with Crippen LogP contribution >= 0.6 is 11.3 Å². The molecule has 0 aliphatic carbocycles. The molecule has 1 aromatic carbocycles. The molecule has 1 aliphatic heterocycles. The molecule has 3 aromatic rings. The predicted molar refractivity (Wildman–Crippen MR) is 87.8 cm³/mol. The van der Waals surface area contributed by atoms with Crippen molar-refractivity contribution in [3.05, 3.63) is 46.8 Å². The van der Waals surface area contributed by atoms with Gasteiger partial charge in [0.1, 0.15) is 11.4 Å². The van der Waals surface area contributed by atoms with E-state index in [4.69, 9.17) is 9.26 Å². The van der Waals surface area contributed by atoms with Crippen molar-refractivity contribution >= 4 is 11.3 Å². The zero-order valence-electron chi connectivity index (χ0n) is 13.2. The number of para-hydroxylation sites is 1. The fraction of sp³-hybridized carbons (Fsp3) is 0.353. The molecule has 1 unspecified atom stereocenters. The quantitative estimate of drug-likeness (QED) is 0.706. The van der Waals surface area contributed by atoms with E-state index in [0.29, 0.717) is 11.7 Å². The van der Waals surface area contributed by atoms with Gasteiger partial charge >= 0.3 is 0 Å². The molecule has 4 rings (SSSR count). The van der Waals surface area contributed by atoms with Crippen LogP contribution in [0.1, 0.15) is 42.5 Å². The zero-order chi connectivity index (χ0) is 16.0. The van der Waals surface area contributed by atoms with Crippen LogP contribution in [0.5, 0.6) is 5.75 Å². The van der Waals surface area contributed by atoms with Gasteiger partial charge in [-0.05, 0) is 26.8 Å². The minimum atomic E-state index is -0.272. The highest BCUT2D eigenvalue weighted by Crippen LogP contribution is 2.43. The number of fused-ring (bicyclic) bond motifs is 1. The highest BCUT2D eigenvalue weighted by atomic mass is 32.1. The molecule has 0 bridgehead atoms. The van der Waals surface area contributed by atoms with Crippen molar-refractivity contribution in [2.24, 2.45) is 0 Å². The molecule has 0 saturated heterocycles. The fourth-order valence-electron chi connectivity index (χ4n) is 2.94. The van der Waals surface area contributed by atoms with Gasteiger partial charge in [-0.2, -0.15) is 4.98 Å². The molecule has 0 fully saturated rings. The Bertz CT molecular complexity index is 853. The molecule has 118 valence electrons. The van der Waals surface area contributed by atoms with Crippen LogP contribution in [0.4, 0.5) is 0 Å². The molecule has 1 aliphatic rings. The summed E-state index contributed by atoms with van der Waals surface area (Å²) in [6, 6.07) is 8.04. The lowest BCUT2D eigenvalue weighted by Gasteiger charge is -2.36. The SMILES string of the molecule is Cc1cnc(-c2noc(C3CC(C)(C)Oc4ccccc43)n2)s1. The number of hydrogen-bond donors (Lipinski definition) is 0. The van der Waals surface area contributed by atoms with Gasteiger partial charge in [-0.3, -0.25) is 0 Å². The molecule has 5 nitrogen and oxygen atoms in total. The lowest BCUT2D eigenvalue weighted by molar-refractivity contribution is 0.0725. The van der Waals surface area contributed by atoms with Crippen molar-refractivity contribution in [1.29, 1.82) is 0 Å². The Labute approximate surface area is 138 Å². The predicted octanol–water partition coefficient (Wildman–Crippen LogP) is 4.19. The lowest BCUT2D eigenvalue weighted by atomic mass is 9.84. The minimum Gasteiger partial charge on any atom is -0.488 e. The van der Waals surface area contributed by atoms with Gasteiger partial charge in [-0.1, -0.05) is 23.4 Å². The third kappa shape index (κ3) is 2.63. The first kappa shape index (κ1) is 14.4. The van der Waals surface area contributed by atoms with Gasteiger partial charge in [0.05, 0.1) is 5.92 Å². The maximum atomic E-state index is 6.07. The summed E-state index contributed by atoms with van der Waals surface area (Å²) in [6.45, 7) is 6.17. The standard InChI is InChI=1S/C17H17N3O2S/c1-10-9-18-16(23-10)14-19-15(22-20-14)12-8-17(2,3)21-13-7-5-4-6-11(12)13/h4-7,9,12H,8H2,1-3H3. The molecule has 0 spiro atoms. The molecular weight excluding hydrogens is 310 g/mol. The maximum absolute atomic E-state index is 6.07. The van der Waals surface area contributed by atoms with Crippen molar-refractivity contribution < 1.29 is 9.26 Å². The van der Waals surface area contributed by atoms with Crippen LogP contribution in [-0.4, -0.2) is 20.7 Å². The van der Waals surface area contributed by atoms with E-state index in [2.05, 4.69) is 35.0 Å². The molecule has 0 N–H and O–H groups in total. The van der Waals surface area contributed by atoms with E-state index in [1.54, 1.807) is 11.3 Å². The van der Waals surface area contributed by atoms with E-state index >= 15 is 0 Å². The Morgan fingerprint density at radius 1 is 1.26 bits per heavy atom. The number of benzene rings is 1. The Kier molecular flexibility index (Phi) is 3.23. The first-order chi connectivity index (χ1) is 11.0.